The van der Waals surface area contributed by atoms with Crippen molar-refractivity contribution in [2.45, 2.75) is 38.8 Å². The second-order valence-electron chi connectivity index (χ2n) is 3.23. The summed E-state index contributed by atoms with van der Waals surface area (Å²) >= 11 is 0. The summed E-state index contributed by atoms with van der Waals surface area (Å²) in [5.41, 5.74) is 0. The topological polar surface area (TPSA) is 95.5 Å². The molecule has 15 heavy (non-hydrogen) atoms. The molecule has 0 rings (SSSR count). The summed E-state index contributed by atoms with van der Waals surface area (Å²) in [5.74, 6) is 0. The van der Waals surface area contributed by atoms with E-state index in [2.05, 4.69) is 0 Å². The Kier molecular flexibility index (Phi) is 6.52. The van der Waals surface area contributed by atoms with Gasteiger partial charge in [-0.1, -0.05) is 13.8 Å². The second kappa shape index (κ2) is 7.10. The van der Waals surface area contributed by atoms with Gasteiger partial charge in [-0.15, -0.1) is 0 Å². The largest absolute Gasteiger partial charge is 0.367 e. The summed E-state index contributed by atoms with van der Waals surface area (Å²) in [4.78, 5) is 20.0. The summed E-state index contributed by atoms with van der Waals surface area (Å²) in [6.07, 6.45) is 0.727. The van der Waals surface area contributed by atoms with Crippen LogP contribution < -0.4 is 0 Å². The van der Waals surface area contributed by atoms with Crippen LogP contribution in [-0.4, -0.2) is 35.1 Å². The highest BCUT2D eigenvalue weighted by atomic mass is 16.6. The van der Waals surface area contributed by atoms with Crippen molar-refractivity contribution in [2.75, 3.05) is 13.2 Å². The van der Waals surface area contributed by atoms with Crippen LogP contribution in [0.15, 0.2) is 0 Å². The maximum absolute atomic E-state index is 10.4. The zero-order valence-electron chi connectivity index (χ0n) is 8.92. The highest BCUT2D eigenvalue weighted by molar-refractivity contribution is 4.55. The Bertz CT molecular complexity index is 199. The van der Waals surface area contributed by atoms with E-state index in [0.29, 0.717) is 12.8 Å². The number of ether oxygens (including phenoxy) is 1. The van der Waals surface area contributed by atoms with Crippen molar-refractivity contribution in [1.29, 1.82) is 0 Å². The quantitative estimate of drug-likeness (QED) is 0.451. The van der Waals surface area contributed by atoms with E-state index >= 15 is 0 Å². The standard InChI is InChI=1S/C8H16N2O5/c1-3-7(9(11)12)5-15-6-8(4-2)10(13)14/h7-8H,3-6H2,1-2H3. The minimum Gasteiger partial charge on any atom is -0.367 e. The lowest BCUT2D eigenvalue weighted by Crippen LogP contribution is -2.30. The van der Waals surface area contributed by atoms with Gasteiger partial charge >= 0.3 is 0 Å². The molecule has 0 N–H and O–H groups in total. The molecule has 0 heterocycles. The molecule has 2 unspecified atom stereocenters. The Morgan fingerprint density at radius 2 is 1.33 bits per heavy atom. The van der Waals surface area contributed by atoms with Gasteiger partial charge < -0.3 is 4.74 Å². The zero-order valence-corrected chi connectivity index (χ0v) is 8.92. The molecular formula is C8H16N2O5. The summed E-state index contributed by atoms with van der Waals surface area (Å²) in [7, 11) is 0. The van der Waals surface area contributed by atoms with E-state index in [1.165, 1.54) is 0 Å². The van der Waals surface area contributed by atoms with E-state index in [4.69, 9.17) is 4.74 Å². The van der Waals surface area contributed by atoms with Gasteiger partial charge in [-0.2, -0.15) is 0 Å². The van der Waals surface area contributed by atoms with Crippen LogP contribution in [0.25, 0.3) is 0 Å². The molecule has 0 saturated carbocycles. The molecule has 0 aliphatic rings. The van der Waals surface area contributed by atoms with E-state index in [1.54, 1.807) is 13.8 Å². The van der Waals surface area contributed by atoms with E-state index in [0.717, 1.165) is 0 Å². The second-order valence-corrected chi connectivity index (χ2v) is 3.23. The van der Waals surface area contributed by atoms with Crippen LogP contribution in [0.5, 0.6) is 0 Å². The Hall–Kier alpha value is -1.24. The van der Waals surface area contributed by atoms with Crippen LogP contribution in [0.1, 0.15) is 26.7 Å². The van der Waals surface area contributed by atoms with Gasteiger partial charge in [-0.3, -0.25) is 20.2 Å². The molecule has 0 bridgehead atoms. The summed E-state index contributed by atoms with van der Waals surface area (Å²) in [5, 5.41) is 20.8. The van der Waals surface area contributed by atoms with Crippen LogP contribution in [0.2, 0.25) is 0 Å². The Labute approximate surface area is 87.7 Å². The lowest BCUT2D eigenvalue weighted by Gasteiger charge is -2.10. The molecule has 0 amide bonds. The van der Waals surface area contributed by atoms with Crippen molar-refractivity contribution in [3.05, 3.63) is 20.2 Å². The number of nitrogens with zero attached hydrogens (tertiary/aromatic N) is 2. The summed E-state index contributed by atoms with van der Waals surface area (Å²) in [6, 6.07) is -1.54. The molecule has 0 fully saturated rings. The fourth-order valence-electron chi connectivity index (χ4n) is 0.996. The van der Waals surface area contributed by atoms with Crippen molar-refractivity contribution in [1.82, 2.24) is 0 Å². The van der Waals surface area contributed by atoms with Crippen LogP contribution in [-0.2, 0) is 4.74 Å². The van der Waals surface area contributed by atoms with E-state index < -0.39 is 21.9 Å². The Morgan fingerprint density at radius 1 is 1.00 bits per heavy atom. The van der Waals surface area contributed by atoms with Gasteiger partial charge in [0.05, 0.1) is 0 Å². The maximum atomic E-state index is 10.4. The van der Waals surface area contributed by atoms with E-state index in [1.807, 2.05) is 0 Å². The first-order chi connectivity index (χ1) is 7.02. The van der Waals surface area contributed by atoms with Gasteiger partial charge in [-0.05, 0) is 0 Å². The Morgan fingerprint density at radius 3 is 1.53 bits per heavy atom. The van der Waals surface area contributed by atoms with Crippen molar-refractivity contribution >= 4 is 0 Å². The SMILES string of the molecule is CCC(COCC(CC)[N+](=O)[O-])[N+](=O)[O-]. The van der Waals surface area contributed by atoms with Crippen molar-refractivity contribution in [3.63, 3.8) is 0 Å². The molecule has 0 aromatic heterocycles. The van der Waals surface area contributed by atoms with Gasteiger partial charge in [0.1, 0.15) is 13.2 Å². The third-order valence-corrected chi connectivity index (χ3v) is 2.16. The third-order valence-electron chi connectivity index (χ3n) is 2.16. The molecule has 0 saturated heterocycles. The minimum atomic E-state index is -0.769. The highest BCUT2D eigenvalue weighted by Gasteiger charge is 2.21. The molecule has 0 spiro atoms. The number of nitro groups is 2. The smallest absolute Gasteiger partial charge is 0.235 e. The molecule has 88 valence electrons. The maximum Gasteiger partial charge on any atom is 0.235 e. The average Bonchev–Trinajstić information content (AvgIpc) is 2.17. The lowest BCUT2D eigenvalue weighted by atomic mass is 10.2. The van der Waals surface area contributed by atoms with Gasteiger partial charge in [0.25, 0.3) is 0 Å². The Balaban J connectivity index is 3.85. The average molecular weight is 220 g/mol. The predicted octanol–water partition coefficient (Wildman–Crippen LogP) is 1.11. The van der Waals surface area contributed by atoms with Crippen LogP contribution in [0.3, 0.4) is 0 Å². The lowest BCUT2D eigenvalue weighted by molar-refractivity contribution is -0.537. The van der Waals surface area contributed by atoms with E-state index in [-0.39, 0.29) is 13.2 Å². The van der Waals surface area contributed by atoms with Crippen molar-refractivity contribution < 1.29 is 14.6 Å². The molecule has 0 aliphatic carbocycles. The molecule has 0 aromatic carbocycles. The molecule has 0 radical (unpaired) electrons. The fourth-order valence-corrected chi connectivity index (χ4v) is 0.996. The molecule has 0 aromatic rings. The predicted molar refractivity (Wildman–Crippen MR) is 53.0 cm³/mol. The van der Waals surface area contributed by atoms with Gasteiger partial charge in [0.2, 0.25) is 12.1 Å². The van der Waals surface area contributed by atoms with Gasteiger partial charge in [0.15, 0.2) is 0 Å². The first-order valence-electron chi connectivity index (χ1n) is 4.87. The molecule has 7 heteroatoms. The first kappa shape index (κ1) is 13.8. The summed E-state index contributed by atoms with van der Waals surface area (Å²) in [6.45, 7) is 3.24. The number of rotatable bonds is 8. The zero-order chi connectivity index (χ0) is 11.8. The van der Waals surface area contributed by atoms with Crippen LogP contribution in [0, 0.1) is 20.2 Å². The fraction of sp³-hybridized carbons (Fsp3) is 1.00. The molecule has 7 nitrogen and oxygen atoms in total. The van der Waals surface area contributed by atoms with Crippen molar-refractivity contribution in [2.24, 2.45) is 0 Å². The number of hydrogen-bond acceptors (Lipinski definition) is 5. The van der Waals surface area contributed by atoms with Gasteiger partial charge in [-0.25, -0.2) is 0 Å². The highest BCUT2D eigenvalue weighted by Crippen LogP contribution is 2.01. The third kappa shape index (κ3) is 5.26. The van der Waals surface area contributed by atoms with E-state index in [9.17, 15) is 20.2 Å². The summed E-state index contributed by atoms with van der Waals surface area (Å²) < 4.78 is 4.98. The molecule has 0 aliphatic heterocycles. The molecule has 2 atom stereocenters. The normalized spacial score (nSPS) is 14.5. The first-order valence-corrected chi connectivity index (χ1v) is 4.87. The molecular weight excluding hydrogens is 204 g/mol. The van der Waals surface area contributed by atoms with Crippen LogP contribution >= 0.6 is 0 Å². The monoisotopic (exact) mass is 220 g/mol. The van der Waals surface area contributed by atoms with Gasteiger partial charge in [0, 0.05) is 22.7 Å². The number of hydrogen-bond donors (Lipinski definition) is 0. The van der Waals surface area contributed by atoms with Crippen molar-refractivity contribution in [3.8, 4) is 0 Å². The minimum absolute atomic E-state index is 0.0617. The van der Waals surface area contributed by atoms with Crippen LogP contribution in [0.4, 0.5) is 0 Å².